The van der Waals surface area contributed by atoms with Crippen LogP contribution < -0.4 is 0 Å². The molecule has 0 aliphatic carbocycles. The smallest absolute Gasteiger partial charge is 0.338 e. The maximum Gasteiger partial charge on any atom is 0.338 e. The van der Waals surface area contributed by atoms with E-state index in [2.05, 4.69) is 6.92 Å². The standard InChI is InChI=1S/C15H16O3/c1-10-13(11-6-3-2-4-7-11)18-15(16)12-8-5-9-17-14(10)12/h2-4,6-7,10,13H,5,8-9H2,1H3/t10-,13+/m1/s1. The van der Waals surface area contributed by atoms with E-state index in [-0.39, 0.29) is 18.0 Å². The molecular formula is C15H16O3. The predicted molar refractivity (Wildman–Crippen MR) is 66.7 cm³/mol. The van der Waals surface area contributed by atoms with Crippen LogP contribution in [0, 0.1) is 5.92 Å². The van der Waals surface area contributed by atoms with Crippen LogP contribution in [0.1, 0.15) is 31.4 Å². The van der Waals surface area contributed by atoms with E-state index in [0.29, 0.717) is 6.61 Å². The maximum atomic E-state index is 12.0. The molecule has 1 aromatic carbocycles. The van der Waals surface area contributed by atoms with Gasteiger partial charge in [-0.15, -0.1) is 0 Å². The van der Waals surface area contributed by atoms with Gasteiger partial charge >= 0.3 is 5.97 Å². The van der Waals surface area contributed by atoms with Crippen LogP contribution in [-0.4, -0.2) is 12.6 Å². The molecule has 3 rings (SSSR count). The van der Waals surface area contributed by atoms with Crippen molar-refractivity contribution in [3.63, 3.8) is 0 Å². The van der Waals surface area contributed by atoms with E-state index in [9.17, 15) is 4.79 Å². The lowest BCUT2D eigenvalue weighted by Crippen LogP contribution is -2.31. The zero-order chi connectivity index (χ0) is 12.5. The Labute approximate surface area is 106 Å². The first-order valence-corrected chi connectivity index (χ1v) is 6.39. The summed E-state index contributed by atoms with van der Waals surface area (Å²) >= 11 is 0. The average Bonchev–Trinajstić information content (AvgIpc) is 2.44. The predicted octanol–water partition coefficient (Wildman–Crippen LogP) is 2.99. The summed E-state index contributed by atoms with van der Waals surface area (Å²) in [5.74, 6) is 0.725. The fourth-order valence-electron chi connectivity index (χ4n) is 2.68. The van der Waals surface area contributed by atoms with E-state index in [1.54, 1.807) is 0 Å². The van der Waals surface area contributed by atoms with E-state index < -0.39 is 0 Å². The van der Waals surface area contributed by atoms with Crippen molar-refractivity contribution in [2.75, 3.05) is 6.61 Å². The zero-order valence-corrected chi connectivity index (χ0v) is 10.4. The molecular weight excluding hydrogens is 228 g/mol. The number of esters is 1. The number of benzene rings is 1. The van der Waals surface area contributed by atoms with Gasteiger partial charge in [0.2, 0.25) is 0 Å². The molecule has 0 fully saturated rings. The van der Waals surface area contributed by atoms with E-state index in [0.717, 1.165) is 29.7 Å². The first kappa shape index (κ1) is 11.3. The Morgan fingerprint density at radius 3 is 2.78 bits per heavy atom. The molecule has 0 spiro atoms. The molecule has 1 aromatic rings. The van der Waals surface area contributed by atoms with Gasteiger partial charge in [0, 0.05) is 0 Å². The molecule has 18 heavy (non-hydrogen) atoms. The van der Waals surface area contributed by atoms with Crippen LogP contribution in [0.15, 0.2) is 41.7 Å². The van der Waals surface area contributed by atoms with Crippen LogP contribution in [0.2, 0.25) is 0 Å². The third kappa shape index (κ3) is 1.80. The fraction of sp³-hybridized carbons (Fsp3) is 0.400. The van der Waals surface area contributed by atoms with Crippen molar-refractivity contribution in [2.45, 2.75) is 25.9 Å². The Kier molecular flexibility index (Phi) is 2.82. The number of ether oxygens (including phenoxy) is 2. The van der Waals surface area contributed by atoms with Crippen LogP contribution >= 0.6 is 0 Å². The molecule has 0 amide bonds. The minimum atomic E-state index is -0.226. The molecule has 3 nitrogen and oxygen atoms in total. The number of carbonyl (C=O) groups is 1. The summed E-state index contributed by atoms with van der Waals surface area (Å²) in [7, 11) is 0. The van der Waals surface area contributed by atoms with Gasteiger partial charge in [-0.1, -0.05) is 37.3 Å². The highest BCUT2D eigenvalue weighted by molar-refractivity contribution is 5.90. The lowest BCUT2D eigenvalue weighted by molar-refractivity contribution is -0.151. The lowest BCUT2D eigenvalue weighted by Gasteiger charge is -2.34. The summed E-state index contributed by atoms with van der Waals surface area (Å²) in [5, 5.41) is 0. The fourth-order valence-corrected chi connectivity index (χ4v) is 2.68. The average molecular weight is 244 g/mol. The quantitative estimate of drug-likeness (QED) is 0.712. The van der Waals surface area contributed by atoms with Gasteiger partial charge in [-0.2, -0.15) is 0 Å². The van der Waals surface area contributed by atoms with Crippen LogP contribution in [0.25, 0.3) is 0 Å². The van der Waals surface area contributed by atoms with Crippen LogP contribution in [0.5, 0.6) is 0 Å². The number of rotatable bonds is 1. The second-order valence-electron chi connectivity index (χ2n) is 4.82. The second kappa shape index (κ2) is 4.48. The highest BCUT2D eigenvalue weighted by Crippen LogP contribution is 2.40. The Morgan fingerprint density at radius 1 is 1.22 bits per heavy atom. The van der Waals surface area contributed by atoms with E-state index in [1.165, 1.54) is 0 Å². The zero-order valence-electron chi connectivity index (χ0n) is 10.4. The molecule has 0 bridgehead atoms. The molecule has 2 atom stereocenters. The Hall–Kier alpha value is -1.77. The Bertz CT molecular complexity index is 490. The van der Waals surface area contributed by atoms with Crippen molar-refractivity contribution < 1.29 is 14.3 Å². The van der Waals surface area contributed by atoms with Crippen molar-refractivity contribution in [3.8, 4) is 0 Å². The molecule has 0 saturated heterocycles. The number of carbonyl (C=O) groups excluding carboxylic acids is 1. The highest BCUT2D eigenvalue weighted by atomic mass is 16.6. The van der Waals surface area contributed by atoms with E-state index in [1.807, 2.05) is 30.3 Å². The first-order valence-electron chi connectivity index (χ1n) is 6.39. The van der Waals surface area contributed by atoms with Crippen molar-refractivity contribution in [3.05, 3.63) is 47.2 Å². The molecule has 2 heterocycles. The molecule has 0 unspecified atom stereocenters. The van der Waals surface area contributed by atoms with Crippen molar-refractivity contribution >= 4 is 5.97 Å². The largest absolute Gasteiger partial charge is 0.497 e. The van der Waals surface area contributed by atoms with Gasteiger partial charge in [0.25, 0.3) is 0 Å². The van der Waals surface area contributed by atoms with Crippen molar-refractivity contribution in [1.82, 2.24) is 0 Å². The normalized spacial score (nSPS) is 27.3. The first-order chi connectivity index (χ1) is 8.77. The van der Waals surface area contributed by atoms with Crippen LogP contribution in [0.3, 0.4) is 0 Å². The minimum absolute atomic E-state index is 0.0976. The third-order valence-corrected chi connectivity index (χ3v) is 3.60. The molecule has 94 valence electrons. The van der Waals surface area contributed by atoms with Gasteiger partial charge in [-0.3, -0.25) is 0 Å². The summed E-state index contributed by atoms with van der Waals surface area (Å²) < 4.78 is 11.3. The van der Waals surface area contributed by atoms with Gasteiger partial charge in [-0.05, 0) is 18.4 Å². The summed E-state index contributed by atoms with van der Waals surface area (Å²) in [5.41, 5.74) is 1.76. The highest BCUT2D eigenvalue weighted by Gasteiger charge is 2.38. The third-order valence-electron chi connectivity index (χ3n) is 3.60. The molecule has 0 aromatic heterocycles. The minimum Gasteiger partial charge on any atom is -0.497 e. The van der Waals surface area contributed by atoms with Gasteiger partial charge in [0.15, 0.2) is 0 Å². The number of hydrogen-bond donors (Lipinski definition) is 0. The van der Waals surface area contributed by atoms with Crippen molar-refractivity contribution in [1.29, 1.82) is 0 Å². The summed E-state index contributed by atoms with van der Waals surface area (Å²) in [6, 6.07) is 9.86. The van der Waals surface area contributed by atoms with Crippen LogP contribution in [-0.2, 0) is 14.3 Å². The molecule has 3 heteroatoms. The SMILES string of the molecule is C[C@H]1C2=C(CCCO2)C(=O)O[C@@H]1c1ccccc1. The van der Waals surface area contributed by atoms with E-state index in [4.69, 9.17) is 9.47 Å². The monoisotopic (exact) mass is 244 g/mol. The lowest BCUT2D eigenvalue weighted by atomic mass is 9.88. The topological polar surface area (TPSA) is 35.5 Å². The molecule has 0 N–H and O–H groups in total. The van der Waals surface area contributed by atoms with E-state index >= 15 is 0 Å². The van der Waals surface area contributed by atoms with Gasteiger partial charge in [-0.25, -0.2) is 4.79 Å². The molecule has 2 aliphatic rings. The molecule has 0 saturated carbocycles. The summed E-state index contributed by atoms with van der Waals surface area (Å²) in [6.07, 6.45) is 1.45. The van der Waals surface area contributed by atoms with Crippen molar-refractivity contribution in [2.24, 2.45) is 5.92 Å². The van der Waals surface area contributed by atoms with Gasteiger partial charge in [0.1, 0.15) is 11.9 Å². The molecule has 0 radical (unpaired) electrons. The van der Waals surface area contributed by atoms with Gasteiger partial charge in [0.05, 0.1) is 18.1 Å². The number of hydrogen-bond acceptors (Lipinski definition) is 3. The maximum absolute atomic E-state index is 12.0. The Balaban J connectivity index is 1.97. The summed E-state index contributed by atoms with van der Waals surface area (Å²) in [6.45, 7) is 2.77. The second-order valence-corrected chi connectivity index (χ2v) is 4.82. The molecule has 2 aliphatic heterocycles. The van der Waals surface area contributed by atoms with Crippen LogP contribution in [0.4, 0.5) is 0 Å². The Morgan fingerprint density at radius 2 is 2.00 bits per heavy atom. The van der Waals surface area contributed by atoms with Gasteiger partial charge < -0.3 is 9.47 Å². The number of cyclic esters (lactones) is 1. The summed E-state index contributed by atoms with van der Waals surface area (Å²) in [4.78, 5) is 12.0.